The van der Waals surface area contributed by atoms with Crippen LogP contribution in [0.5, 0.6) is 5.75 Å². The molecule has 0 unspecified atom stereocenters. The van der Waals surface area contributed by atoms with Crippen molar-refractivity contribution >= 4 is 46.4 Å². The molecule has 138 valence electrons. The van der Waals surface area contributed by atoms with Gasteiger partial charge in [0.05, 0.1) is 12.8 Å². The Morgan fingerprint density at radius 2 is 1.58 bits per heavy atom. The van der Waals surface area contributed by atoms with Crippen LogP contribution in [0.4, 0.5) is 11.4 Å². The molecule has 2 N–H and O–H groups in total. The Hall–Kier alpha value is -2.24. The second kappa shape index (κ2) is 7.98. The molecule has 0 radical (unpaired) electrons. The summed E-state index contributed by atoms with van der Waals surface area (Å²) in [7, 11) is 1.48. The van der Waals surface area contributed by atoms with Crippen molar-refractivity contribution < 1.29 is 14.3 Å². The van der Waals surface area contributed by atoms with Crippen LogP contribution in [0.1, 0.15) is 19.4 Å². The van der Waals surface area contributed by atoms with Crippen LogP contribution >= 0.6 is 23.2 Å². The summed E-state index contributed by atoms with van der Waals surface area (Å²) in [6.45, 7) is 4.90. The van der Waals surface area contributed by atoms with Crippen molar-refractivity contribution in [2.24, 2.45) is 5.41 Å². The lowest BCUT2D eigenvalue weighted by Crippen LogP contribution is -2.41. The van der Waals surface area contributed by atoms with Crippen LogP contribution < -0.4 is 15.4 Å². The summed E-state index contributed by atoms with van der Waals surface area (Å²) in [6.07, 6.45) is 0. The lowest BCUT2D eigenvalue weighted by Gasteiger charge is -2.23. The van der Waals surface area contributed by atoms with Crippen molar-refractivity contribution in [2.75, 3.05) is 17.7 Å². The molecular weight excluding hydrogens is 375 g/mol. The van der Waals surface area contributed by atoms with Crippen molar-refractivity contribution in [3.8, 4) is 5.75 Å². The Kier molecular flexibility index (Phi) is 6.16. The minimum Gasteiger partial charge on any atom is -0.495 e. The standard InChI is InChI=1S/C19H20Cl2N2O3/c1-11-9-15(16(26-4)10-14(11)21)23-18(25)19(2,3)17(24)22-13-7-5-12(20)6-8-13/h5-10H,1-4H3,(H,22,24)(H,23,25). The fourth-order valence-corrected chi connectivity index (χ4v) is 2.41. The lowest BCUT2D eigenvalue weighted by molar-refractivity contribution is -0.135. The summed E-state index contributed by atoms with van der Waals surface area (Å²) in [5, 5.41) is 6.54. The molecule has 0 aliphatic carbocycles. The second-order valence-electron chi connectivity index (χ2n) is 6.34. The van der Waals surface area contributed by atoms with Gasteiger partial charge in [-0.1, -0.05) is 23.2 Å². The number of hydrogen-bond acceptors (Lipinski definition) is 3. The van der Waals surface area contributed by atoms with E-state index in [2.05, 4.69) is 10.6 Å². The second-order valence-corrected chi connectivity index (χ2v) is 7.19. The zero-order valence-electron chi connectivity index (χ0n) is 14.9. The quantitative estimate of drug-likeness (QED) is 0.707. The SMILES string of the molecule is COc1cc(Cl)c(C)cc1NC(=O)C(C)(C)C(=O)Nc1ccc(Cl)cc1. The van der Waals surface area contributed by atoms with E-state index in [1.54, 1.807) is 50.2 Å². The third kappa shape index (κ3) is 4.48. The van der Waals surface area contributed by atoms with Crippen LogP contribution in [0.3, 0.4) is 0 Å². The third-order valence-electron chi connectivity index (χ3n) is 3.97. The van der Waals surface area contributed by atoms with E-state index < -0.39 is 17.2 Å². The zero-order chi connectivity index (χ0) is 19.5. The number of amides is 2. The summed E-state index contributed by atoms with van der Waals surface area (Å²) in [4.78, 5) is 25.3. The van der Waals surface area contributed by atoms with E-state index in [0.29, 0.717) is 27.2 Å². The third-order valence-corrected chi connectivity index (χ3v) is 4.63. The fraction of sp³-hybridized carbons (Fsp3) is 0.263. The first-order chi connectivity index (χ1) is 12.1. The van der Waals surface area contributed by atoms with Crippen molar-refractivity contribution in [2.45, 2.75) is 20.8 Å². The summed E-state index contributed by atoms with van der Waals surface area (Å²) < 4.78 is 5.25. The molecule has 0 atom stereocenters. The molecule has 0 saturated heterocycles. The Labute approximate surface area is 162 Å². The number of carbonyl (C=O) groups excluding carboxylic acids is 2. The molecule has 0 aliphatic heterocycles. The molecule has 0 bridgehead atoms. The Balaban J connectivity index is 2.18. The zero-order valence-corrected chi connectivity index (χ0v) is 16.5. The molecule has 7 heteroatoms. The van der Waals surface area contributed by atoms with Gasteiger partial charge in [0.2, 0.25) is 11.8 Å². The van der Waals surface area contributed by atoms with Gasteiger partial charge in [-0.2, -0.15) is 0 Å². The summed E-state index contributed by atoms with van der Waals surface area (Å²) in [5.74, 6) is -0.492. The summed E-state index contributed by atoms with van der Waals surface area (Å²) in [6, 6.07) is 9.97. The van der Waals surface area contributed by atoms with Crippen LogP contribution in [0.2, 0.25) is 10.0 Å². The molecule has 0 heterocycles. The predicted molar refractivity (Wildman–Crippen MR) is 105 cm³/mol. The van der Waals surface area contributed by atoms with E-state index >= 15 is 0 Å². The van der Waals surface area contributed by atoms with Crippen LogP contribution in [0.25, 0.3) is 0 Å². The van der Waals surface area contributed by atoms with Crippen molar-refractivity contribution in [3.63, 3.8) is 0 Å². The monoisotopic (exact) mass is 394 g/mol. The smallest absolute Gasteiger partial charge is 0.239 e. The molecule has 2 aromatic carbocycles. The highest BCUT2D eigenvalue weighted by molar-refractivity contribution is 6.31. The van der Waals surface area contributed by atoms with Gasteiger partial charge in [-0.05, 0) is 56.7 Å². The van der Waals surface area contributed by atoms with Gasteiger partial charge in [0, 0.05) is 21.8 Å². The first-order valence-corrected chi connectivity index (χ1v) is 8.63. The molecule has 5 nitrogen and oxygen atoms in total. The van der Waals surface area contributed by atoms with E-state index in [0.717, 1.165) is 5.56 Å². The number of hydrogen-bond donors (Lipinski definition) is 2. The maximum absolute atomic E-state index is 12.7. The minimum atomic E-state index is -1.32. The number of rotatable bonds is 5. The first kappa shape index (κ1) is 20.1. The molecule has 0 fully saturated rings. The van der Waals surface area contributed by atoms with E-state index in [1.807, 2.05) is 6.92 Å². The minimum absolute atomic E-state index is 0.419. The maximum Gasteiger partial charge on any atom is 0.239 e. The maximum atomic E-state index is 12.7. The number of aryl methyl sites for hydroxylation is 1. The molecule has 26 heavy (non-hydrogen) atoms. The van der Waals surface area contributed by atoms with E-state index in [1.165, 1.54) is 7.11 Å². The van der Waals surface area contributed by atoms with Crippen molar-refractivity contribution in [1.82, 2.24) is 0 Å². The number of benzene rings is 2. The van der Waals surface area contributed by atoms with Crippen LogP contribution in [0.15, 0.2) is 36.4 Å². The van der Waals surface area contributed by atoms with E-state index in [9.17, 15) is 9.59 Å². The Morgan fingerprint density at radius 3 is 2.15 bits per heavy atom. The number of carbonyl (C=O) groups is 2. The van der Waals surface area contributed by atoms with Crippen LogP contribution in [-0.2, 0) is 9.59 Å². The number of nitrogens with one attached hydrogen (secondary N) is 2. The average molecular weight is 395 g/mol. The van der Waals surface area contributed by atoms with Crippen LogP contribution in [-0.4, -0.2) is 18.9 Å². The first-order valence-electron chi connectivity index (χ1n) is 7.87. The van der Waals surface area contributed by atoms with Gasteiger partial charge in [0.1, 0.15) is 11.2 Å². The highest BCUT2D eigenvalue weighted by Gasteiger charge is 2.36. The average Bonchev–Trinajstić information content (AvgIpc) is 2.59. The topological polar surface area (TPSA) is 67.4 Å². The lowest BCUT2D eigenvalue weighted by atomic mass is 9.90. The molecule has 2 amide bonds. The summed E-state index contributed by atoms with van der Waals surface area (Å²) >= 11 is 11.9. The highest BCUT2D eigenvalue weighted by Crippen LogP contribution is 2.32. The Bertz CT molecular complexity index is 833. The van der Waals surface area contributed by atoms with Crippen molar-refractivity contribution in [1.29, 1.82) is 0 Å². The predicted octanol–water partition coefficient (Wildman–Crippen LogP) is 4.91. The van der Waals surface area contributed by atoms with Gasteiger partial charge in [-0.25, -0.2) is 0 Å². The normalized spacial score (nSPS) is 11.0. The van der Waals surface area contributed by atoms with Gasteiger partial charge < -0.3 is 15.4 Å². The van der Waals surface area contributed by atoms with Gasteiger partial charge >= 0.3 is 0 Å². The van der Waals surface area contributed by atoms with Gasteiger partial charge in [0.15, 0.2) is 0 Å². The number of anilines is 2. The van der Waals surface area contributed by atoms with E-state index in [4.69, 9.17) is 27.9 Å². The molecule has 0 aromatic heterocycles. The Morgan fingerprint density at radius 1 is 1.00 bits per heavy atom. The number of ether oxygens (including phenoxy) is 1. The molecule has 2 aromatic rings. The summed E-state index contributed by atoms with van der Waals surface area (Å²) in [5.41, 5.74) is 0.469. The molecular formula is C19H20Cl2N2O3. The van der Waals surface area contributed by atoms with Gasteiger partial charge in [0.25, 0.3) is 0 Å². The molecule has 2 rings (SSSR count). The highest BCUT2D eigenvalue weighted by atomic mass is 35.5. The molecule has 0 saturated carbocycles. The molecule has 0 spiro atoms. The molecule has 0 aliphatic rings. The number of methoxy groups -OCH3 is 1. The largest absolute Gasteiger partial charge is 0.495 e. The fourth-order valence-electron chi connectivity index (χ4n) is 2.13. The van der Waals surface area contributed by atoms with Gasteiger partial charge in [-0.3, -0.25) is 9.59 Å². The number of halogens is 2. The van der Waals surface area contributed by atoms with Crippen molar-refractivity contribution in [3.05, 3.63) is 52.0 Å². The van der Waals surface area contributed by atoms with Crippen LogP contribution in [0, 0.1) is 12.3 Å². The van der Waals surface area contributed by atoms with Gasteiger partial charge in [-0.15, -0.1) is 0 Å². The van der Waals surface area contributed by atoms with E-state index in [-0.39, 0.29) is 0 Å².